The lowest BCUT2D eigenvalue weighted by Gasteiger charge is -2.02. The minimum absolute atomic E-state index is 0.349. The standard InChI is InChI=1S/C16H15N3O3S2/c1-9-13(24-10(2)17-9)14-18-19-16(22-14)23-8-11-5-4-6-12(7-11)15(20)21-3/h4-7H,8H2,1-3H3. The summed E-state index contributed by atoms with van der Waals surface area (Å²) in [5.41, 5.74) is 2.40. The average molecular weight is 361 g/mol. The molecule has 1 aromatic carbocycles. The second-order valence-corrected chi connectivity index (χ2v) is 7.13. The summed E-state index contributed by atoms with van der Waals surface area (Å²) in [6.07, 6.45) is 0. The first-order valence-electron chi connectivity index (χ1n) is 7.15. The molecule has 0 bridgehead atoms. The van der Waals surface area contributed by atoms with E-state index in [-0.39, 0.29) is 5.97 Å². The van der Waals surface area contributed by atoms with Crippen LogP contribution in [0.2, 0.25) is 0 Å². The topological polar surface area (TPSA) is 78.1 Å². The van der Waals surface area contributed by atoms with Crippen LogP contribution in [0.25, 0.3) is 10.8 Å². The minimum Gasteiger partial charge on any atom is -0.465 e. The third kappa shape index (κ3) is 3.65. The molecule has 6 nitrogen and oxygen atoms in total. The predicted molar refractivity (Wildman–Crippen MR) is 92.2 cm³/mol. The van der Waals surface area contributed by atoms with Crippen LogP contribution in [0.4, 0.5) is 0 Å². The molecular formula is C16H15N3O3S2. The first-order valence-corrected chi connectivity index (χ1v) is 8.95. The van der Waals surface area contributed by atoms with E-state index in [0.717, 1.165) is 21.1 Å². The second kappa shape index (κ2) is 7.14. The summed E-state index contributed by atoms with van der Waals surface area (Å²) in [4.78, 5) is 16.8. The maximum Gasteiger partial charge on any atom is 0.337 e. The molecule has 0 aliphatic heterocycles. The number of hydrogen-bond donors (Lipinski definition) is 0. The summed E-state index contributed by atoms with van der Waals surface area (Å²) in [5.74, 6) is 0.759. The molecule has 0 amide bonds. The third-order valence-corrected chi connectivity index (χ3v) is 5.17. The Kier molecular flexibility index (Phi) is 4.96. The fourth-order valence-corrected chi connectivity index (χ4v) is 3.69. The van der Waals surface area contributed by atoms with Crippen molar-refractivity contribution in [3.05, 3.63) is 46.1 Å². The van der Waals surface area contributed by atoms with Gasteiger partial charge in [0.1, 0.15) is 4.88 Å². The lowest BCUT2D eigenvalue weighted by molar-refractivity contribution is 0.0600. The van der Waals surface area contributed by atoms with Gasteiger partial charge in [-0.15, -0.1) is 21.5 Å². The molecule has 0 radical (unpaired) electrons. The van der Waals surface area contributed by atoms with Crippen molar-refractivity contribution in [1.29, 1.82) is 0 Å². The highest BCUT2D eigenvalue weighted by atomic mass is 32.2. The molecule has 24 heavy (non-hydrogen) atoms. The number of benzene rings is 1. The third-order valence-electron chi connectivity index (χ3n) is 3.21. The largest absolute Gasteiger partial charge is 0.465 e. The number of methoxy groups -OCH3 is 1. The van der Waals surface area contributed by atoms with Gasteiger partial charge in [-0.1, -0.05) is 23.9 Å². The molecule has 2 heterocycles. The number of esters is 1. The number of hydrogen-bond acceptors (Lipinski definition) is 8. The van der Waals surface area contributed by atoms with E-state index < -0.39 is 0 Å². The van der Waals surface area contributed by atoms with Crippen LogP contribution in [0.1, 0.15) is 26.6 Å². The normalized spacial score (nSPS) is 10.8. The summed E-state index contributed by atoms with van der Waals surface area (Å²) < 4.78 is 10.4. The maximum atomic E-state index is 11.6. The first kappa shape index (κ1) is 16.7. The Hall–Kier alpha value is -2.19. The van der Waals surface area contributed by atoms with Crippen LogP contribution in [-0.4, -0.2) is 28.3 Å². The summed E-state index contributed by atoms with van der Waals surface area (Å²) in [6, 6.07) is 7.28. The number of rotatable bonds is 5. The molecule has 0 atom stereocenters. The molecule has 0 aliphatic rings. The van der Waals surface area contributed by atoms with Crippen LogP contribution in [0, 0.1) is 13.8 Å². The van der Waals surface area contributed by atoms with Crippen molar-refractivity contribution in [2.75, 3.05) is 7.11 Å². The van der Waals surface area contributed by atoms with Gasteiger partial charge in [-0.05, 0) is 31.5 Å². The van der Waals surface area contributed by atoms with E-state index in [1.807, 2.05) is 26.0 Å². The Morgan fingerprint density at radius 2 is 2.17 bits per heavy atom. The summed E-state index contributed by atoms with van der Waals surface area (Å²) in [5, 5.41) is 9.61. The Bertz CT molecular complexity index is 873. The highest BCUT2D eigenvalue weighted by Gasteiger charge is 2.15. The molecule has 3 rings (SSSR count). The highest BCUT2D eigenvalue weighted by molar-refractivity contribution is 7.98. The van der Waals surface area contributed by atoms with Gasteiger partial charge < -0.3 is 9.15 Å². The van der Waals surface area contributed by atoms with Crippen LogP contribution in [0.5, 0.6) is 0 Å². The van der Waals surface area contributed by atoms with Gasteiger partial charge in [-0.2, -0.15) is 0 Å². The predicted octanol–water partition coefficient (Wildman–Crippen LogP) is 3.89. The fourth-order valence-electron chi connectivity index (χ4n) is 2.14. The van der Waals surface area contributed by atoms with Gasteiger partial charge in [-0.25, -0.2) is 9.78 Å². The number of ether oxygens (including phenoxy) is 1. The van der Waals surface area contributed by atoms with Gasteiger partial charge in [0.2, 0.25) is 0 Å². The van der Waals surface area contributed by atoms with Crippen LogP contribution in [0.15, 0.2) is 33.9 Å². The van der Waals surface area contributed by atoms with Crippen molar-refractivity contribution in [1.82, 2.24) is 15.2 Å². The number of thiazole rings is 1. The molecule has 0 N–H and O–H groups in total. The number of carbonyl (C=O) groups excluding carboxylic acids is 1. The summed E-state index contributed by atoms with van der Waals surface area (Å²) in [6.45, 7) is 3.87. The SMILES string of the molecule is COC(=O)c1cccc(CSc2nnc(-c3sc(C)nc3C)o2)c1. The number of carbonyl (C=O) groups is 1. The monoisotopic (exact) mass is 361 g/mol. The Morgan fingerprint density at radius 1 is 1.33 bits per heavy atom. The van der Waals surface area contributed by atoms with Crippen molar-refractivity contribution in [2.24, 2.45) is 0 Å². The molecule has 0 fully saturated rings. The zero-order valence-electron chi connectivity index (χ0n) is 13.4. The van der Waals surface area contributed by atoms with Crippen molar-refractivity contribution >= 4 is 29.1 Å². The van der Waals surface area contributed by atoms with Gasteiger partial charge in [-0.3, -0.25) is 0 Å². The zero-order chi connectivity index (χ0) is 17.1. The van der Waals surface area contributed by atoms with E-state index >= 15 is 0 Å². The Balaban J connectivity index is 1.70. The summed E-state index contributed by atoms with van der Waals surface area (Å²) in [7, 11) is 1.37. The van der Waals surface area contributed by atoms with Crippen LogP contribution < -0.4 is 0 Å². The molecule has 3 aromatic rings. The van der Waals surface area contributed by atoms with Gasteiger partial charge in [0.15, 0.2) is 0 Å². The number of aryl methyl sites for hydroxylation is 2. The molecule has 0 saturated heterocycles. The molecule has 0 aliphatic carbocycles. The van der Waals surface area contributed by atoms with Crippen molar-refractivity contribution in [3.8, 4) is 10.8 Å². The van der Waals surface area contributed by atoms with E-state index in [1.54, 1.807) is 12.1 Å². The number of thioether (sulfide) groups is 1. The van der Waals surface area contributed by atoms with Crippen molar-refractivity contribution in [2.45, 2.75) is 24.8 Å². The minimum atomic E-state index is -0.349. The summed E-state index contributed by atoms with van der Waals surface area (Å²) >= 11 is 2.96. The van der Waals surface area contributed by atoms with Crippen LogP contribution in [-0.2, 0) is 10.5 Å². The van der Waals surface area contributed by atoms with Gasteiger partial charge in [0, 0.05) is 5.75 Å². The number of aromatic nitrogens is 3. The van der Waals surface area contributed by atoms with Crippen molar-refractivity contribution < 1.29 is 13.9 Å². The molecule has 2 aromatic heterocycles. The van der Waals surface area contributed by atoms with Gasteiger partial charge in [0.25, 0.3) is 11.1 Å². The maximum absolute atomic E-state index is 11.6. The average Bonchev–Trinajstić information content (AvgIpc) is 3.18. The molecule has 0 saturated carbocycles. The highest BCUT2D eigenvalue weighted by Crippen LogP contribution is 2.31. The fraction of sp³-hybridized carbons (Fsp3) is 0.250. The van der Waals surface area contributed by atoms with Gasteiger partial charge >= 0.3 is 5.97 Å². The Morgan fingerprint density at radius 3 is 2.88 bits per heavy atom. The molecule has 8 heteroatoms. The molecular weight excluding hydrogens is 346 g/mol. The smallest absolute Gasteiger partial charge is 0.337 e. The van der Waals surface area contributed by atoms with Crippen LogP contribution >= 0.6 is 23.1 Å². The number of nitrogens with zero attached hydrogens (tertiary/aromatic N) is 3. The van der Waals surface area contributed by atoms with E-state index in [2.05, 4.69) is 15.2 Å². The van der Waals surface area contributed by atoms with Gasteiger partial charge in [0.05, 0.1) is 23.4 Å². The van der Waals surface area contributed by atoms with E-state index in [9.17, 15) is 4.79 Å². The molecule has 0 unspecified atom stereocenters. The molecule has 124 valence electrons. The lowest BCUT2D eigenvalue weighted by atomic mass is 10.1. The van der Waals surface area contributed by atoms with E-state index in [1.165, 1.54) is 30.2 Å². The van der Waals surface area contributed by atoms with E-state index in [0.29, 0.717) is 22.4 Å². The first-order chi connectivity index (χ1) is 11.6. The lowest BCUT2D eigenvalue weighted by Crippen LogP contribution is -2.01. The Labute approximate surface area is 147 Å². The second-order valence-electron chi connectivity index (χ2n) is 5.00. The van der Waals surface area contributed by atoms with Crippen LogP contribution in [0.3, 0.4) is 0 Å². The van der Waals surface area contributed by atoms with E-state index in [4.69, 9.17) is 9.15 Å². The van der Waals surface area contributed by atoms with Crippen molar-refractivity contribution in [3.63, 3.8) is 0 Å². The molecule has 0 spiro atoms. The zero-order valence-corrected chi connectivity index (χ0v) is 15.0. The quantitative estimate of drug-likeness (QED) is 0.504.